The molecule has 34 heavy (non-hydrogen) atoms. The monoisotopic (exact) mass is 461 g/mol. The standard InChI is InChI=1S/C26H31N5O3/c1-4-34-26(33)22-14-20-11-16(2)24(25(31(20)29-22)18-7-9-30(3)10-8-18)23(32)13-17-5-6-21-19(12-17)15-27-28-21/h5-6,12,14-15,18,25H,4,7-11,13H2,1-3H3,(H,27,28). The third kappa shape index (κ3) is 4.18. The second-order valence-electron chi connectivity index (χ2n) is 9.53. The van der Waals surface area contributed by atoms with Gasteiger partial charge < -0.3 is 9.64 Å². The number of ether oxygens (including phenoxy) is 1. The van der Waals surface area contributed by atoms with Crippen LogP contribution in [0.3, 0.4) is 0 Å². The lowest BCUT2D eigenvalue weighted by atomic mass is 9.78. The first-order chi connectivity index (χ1) is 16.4. The van der Waals surface area contributed by atoms with E-state index in [-0.39, 0.29) is 17.7 Å². The normalized spacial score (nSPS) is 19.4. The average Bonchev–Trinajstić information content (AvgIpc) is 3.45. The van der Waals surface area contributed by atoms with Crippen LogP contribution >= 0.6 is 0 Å². The molecule has 2 aliphatic heterocycles. The second kappa shape index (κ2) is 9.18. The topological polar surface area (TPSA) is 93.1 Å². The van der Waals surface area contributed by atoms with Crippen molar-refractivity contribution in [2.24, 2.45) is 5.92 Å². The van der Waals surface area contributed by atoms with Gasteiger partial charge in [0.05, 0.1) is 24.4 Å². The van der Waals surface area contributed by atoms with Crippen LogP contribution in [0.15, 0.2) is 41.6 Å². The number of aromatic nitrogens is 4. The number of piperidine rings is 1. The van der Waals surface area contributed by atoms with Crippen molar-refractivity contribution in [3.63, 3.8) is 0 Å². The van der Waals surface area contributed by atoms with Gasteiger partial charge in [0.1, 0.15) is 0 Å². The molecule has 1 atom stereocenters. The summed E-state index contributed by atoms with van der Waals surface area (Å²) in [5, 5.41) is 12.7. The highest BCUT2D eigenvalue weighted by Gasteiger charge is 2.38. The van der Waals surface area contributed by atoms with Crippen molar-refractivity contribution < 1.29 is 14.3 Å². The van der Waals surface area contributed by atoms with Gasteiger partial charge in [0.15, 0.2) is 11.5 Å². The Kier molecular flexibility index (Phi) is 6.08. The molecule has 0 bridgehead atoms. The number of allylic oxidation sites excluding steroid dienone is 2. The van der Waals surface area contributed by atoms with Gasteiger partial charge in [-0.2, -0.15) is 10.2 Å². The number of nitrogens with one attached hydrogen (secondary N) is 1. The van der Waals surface area contributed by atoms with Gasteiger partial charge in [-0.1, -0.05) is 11.6 Å². The van der Waals surface area contributed by atoms with Gasteiger partial charge in [-0.05, 0) is 76.5 Å². The lowest BCUT2D eigenvalue weighted by Crippen LogP contribution is -2.38. The zero-order valence-corrected chi connectivity index (χ0v) is 20.0. The molecule has 1 N–H and O–H groups in total. The Morgan fingerprint density at radius 1 is 1.21 bits per heavy atom. The molecule has 0 aliphatic carbocycles. The van der Waals surface area contributed by atoms with Gasteiger partial charge >= 0.3 is 5.97 Å². The van der Waals surface area contributed by atoms with Gasteiger partial charge in [0.2, 0.25) is 0 Å². The lowest BCUT2D eigenvalue weighted by Gasteiger charge is -2.38. The van der Waals surface area contributed by atoms with Crippen molar-refractivity contribution in [3.8, 4) is 0 Å². The average molecular weight is 462 g/mol. The predicted octanol–water partition coefficient (Wildman–Crippen LogP) is 3.50. The van der Waals surface area contributed by atoms with Crippen LogP contribution in [-0.4, -0.2) is 63.4 Å². The fourth-order valence-electron chi connectivity index (χ4n) is 5.42. The fourth-order valence-corrected chi connectivity index (χ4v) is 5.42. The van der Waals surface area contributed by atoms with E-state index < -0.39 is 5.97 Å². The Morgan fingerprint density at radius 3 is 2.76 bits per heavy atom. The first-order valence-corrected chi connectivity index (χ1v) is 12.0. The maximum absolute atomic E-state index is 13.8. The molecule has 2 aromatic heterocycles. The highest BCUT2D eigenvalue weighted by atomic mass is 16.5. The van der Waals surface area contributed by atoms with Crippen LogP contribution in [0, 0.1) is 5.92 Å². The van der Waals surface area contributed by atoms with Crippen molar-refractivity contribution in [1.29, 1.82) is 0 Å². The number of aromatic amines is 1. The summed E-state index contributed by atoms with van der Waals surface area (Å²) >= 11 is 0. The number of H-pyrrole nitrogens is 1. The number of ketones is 1. The molecular formula is C26H31N5O3. The van der Waals surface area contributed by atoms with E-state index in [1.54, 1.807) is 13.1 Å². The van der Waals surface area contributed by atoms with Crippen LogP contribution in [0.5, 0.6) is 0 Å². The SMILES string of the molecule is CCOC(=O)c1cc2n(n1)C(C1CCN(C)CC1)C(C(=O)Cc1ccc3[nH]ncc3c1)=C(C)C2. The Hall–Kier alpha value is -3.26. The van der Waals surface area contributed by atoms with Crippen LogP contribution < -0.4 is 0 Å². The number of benzene rings is 1. The lowest BCUT2D eigenvalue weighted by molar-refractivity contribution is -0.115. The summed E-state index contributed by atoms with van der Waals surface area (Å²) in [6, 6.07) is 7.65. The molecular weight excluding hydrogens is 430 g/mol. The zero-order chi connectivity index (χ0) is 23.8. The Bertz CT molecular complexity index is 1260. The molecule has 5 rings (SSSR count). The molecule has 8 nitrogen and oxygen atoms in total. The molecule has 0 amide bonds. The molecule has 1 unspecified atom stereocenters. The molecule has 1 saturated heterocycles. The Morgan fingerprint density at radius 2 is 2.00 bits per heavy atom. The highest BCUT2D eigenvalue weighted by molar-refractivity contribution is 5.99. The van der Waals surface area contributed by atoms with Crippen LogP contribution in [0.1, 0.15) is 54.5 Å². The van der Waals surface area contributed by atoms with E-state index in [4.69, 9.17) is 4.74 Å². The minimum absolute atomic E-state index is 0.128. The van der Waals surface area contributed by atoms with Gasteiger partial charge in [0, 0.05) is 29.5 Å². The number of likely N-dealkylation sites (tertiary alicyclic amines) is 1. The largest absolute Gasteiger partial charge is 0.461 e. The van der Waals surface area contributed by atoms with E-state index >= 15 is 0 Å². The number of nitrogens with zero attached hydrogens (tertiary/aromatic N) is 4. The third-order valence-electron chi connectivity index (χ3n) is 7.14. The molecule has 0 saturated carbocycles. The van der Waals surface area contributed by atoms with E-state index in [1.165, 1.54) is 0 Å². The van der Waals surface area contributed by atoms with Gasteiger partial charge in [-0.15, -0.1) is 0 Å². The van der Waals surface area contributed by atoms with Crippen molar-refractivity contribution in [2.45, 2.75) is 45.6 Å². The number of fused-ring (bicyclic) bond motifs is 2. The first-order valence-electron chi connectivity index (χ1n) is 12.0. The molecule has 0 spiro atoms. The Balaban J connectivity index is 1.49. The van der Waals surface area contributed by atoms with E-state index in [1.807, 2.05) is 28.9 Å². The number of hydrogen-bond donors (Lipinski definition) is 1. The summed E-state index contributed by atoms with van der Waals surface area (Å²) < 4.78 is 7.15. The summed E-state index contributed by atoms with van der Waals surface area (Å²) in [6.45, 7) is 6.12. The van der Waals surface area contributed by atoms with Gasteiger partial charge in [0.25, 0.3) is 0 Å². The van der Waals surface area contributed by atoms with Gasteiger partial charge in [-0.25, -0.2) is 4.79 Å². The fraction of sp³-hybridized carbons (Fsp3) is 0.462. The molecule has 8 heteroatoms. The maximum atomic E-state index is 13.8. The summed E-state index contributed by atoms with van der Waals surface area (Å²) in [5.74, 6) is 0.00373. The van der Waals surface area contributed by atoms with Crippen molar-refractivity contribution in [3.05, 3.63) is 58.6 Å². The molecule has 0 radical (unpaired) electrons. The number of esters is 1. The first kappa shape index (κ1) is 22.5. The number of Topliss-reactive ketones (excluding diaryl/α,β-unsaturated/α-hetero) is 1. The summed E-state index contributed by atoms with van der Waals surface area (Å²) in [7, 11) is 2.13. The predicted molar refractivity (Wildman–Crippen MR) is 129 cm³/mol. The van der Waals surface area contributed by atoms with E-state index in [0.717, 1.165) is 59.2 Å². The smallest absolute Gasteiger partial charge is 0.358 e. The number of hydrogen-bond acceptors (Lipinski definition) is 6. The minimum atomic E-state index is -0.412. The van der Waals surface area contributed by atoms with Crippen molar-refractivity contribution >= 4 is 22.7 Å². The molecule has 3 aromatic rings. The maximum Gasteiger partial charge on any atom is 0.358 e. The Labute approximate surface area is 199 Å². The van der Waals surface area contributed by atoms with Crippen molar-refractivity contribution in [2.75, 3.05) is 26.7 Å². The van der Waals surface area contributed by atoms with E-state index in [0.29, 0.717) is 25.1 Å². The molecule has 1 fully saturated rings. The van der Waals surface area contributed by atoms with Crippen LogP contribution in [0.2, 0.25) is 0 Å². The highest BCUT2D eigenvalue weighted by Crippen LogP contribution is 2.40. The van der Waals surface area contributed by atoms with Gasteiger partial charge in [-0.3, -0.25) is 14.6 Å². The summed E-state index contributed by atoms with van der Waals surface area (Å²) in [5.41, 5.74) is 5.15. The molecule has 1 aromatic carbocycles. The molecule has 4 heterocycles. The molecule has 2 aliphatic rings. The summed E-state index contributed by atoms with van der Waals surface area (Å²) in [6.07, 6.45) is 4.69. The van der Waals surface area contributed by atoms with Crippen LogP contribution in [0.4, 0.5) is 0 Å². The van der Waals surface area contributed by atoms with E-state index in [2.05, 4.69) is 34.2 Å². The van der Waals surface area contributed by atoms with Crippen molar-refractivity contribution in [1.82, 2.24) is 24.9 Å². The third-order valence-corrected chi connectivity index (χ3v) is 7.14. The number of carbonyl (C=O) groups is 2. The number of rotatable bonds is 6. The van der Waals surface area contributed by atoms with E-state index in [9.17, 15) is 9.59 Å². The minimum Gasteiger partial charge on any atom is -0.461 e. The quantitative estimate of drug-likeness (QED) is 0.565. The number of carbonyl (C=O) groups excluding carboxylic acids is 2. The van der Waals surface area contributed by atoms with Crippen LogP contribution in [0.25, 0.3) is 10.9 Å². The second-order valence-corrected chi connectivity index (χ2v) is 9.53. The molecule has 178 valence electrons. The summed E-state index contributed by atoms with van der Waals surface area (Å²) in [4.78, 5) is 28.5. The zero-order valence-electron chi connectivity index (χ0n) is 20.0. The van der Waals surface area contributed by atoms with Crippen LogP contribution in [-0.2, 0) is 22.4 Å².